The van der Waals surface area contributed by atoms with Crippen LogP contribution in [0.1, 0.15) is 19.4 Å². The van der Waals surface area contributed by atoms with E-state index in [1.165, 1.54) is 0 Å². The molecule has 2 aromatic carbocycles. The molecule has 0 spiro atoms. The van der Waals surface area contributed by atoms with Crippen molar-refractivity contribution in [1.29, 1.82) is 0 Å². The summed E-state index contributed by atoms with van der Waals surface area (Å²) in [5, 5.41) is 2.81. The molecule has 1 N–H and O–H groups in total. The van der Waals surface area contributed by atoms with Gasteiger partial charge in [0.15, 0.2) is 6.61 Å². The van der Waals surface area contributed by atoms with Crippen molar-refractivity contribution in [2.75, 3.05) is 30.0 Å². The number of fused-ring (bicyclic) bond motifs is 1. The number of carbonyl (C=O) groups is 2. The molecule has 1 aliphatic heterocycles. The standard InChI is InChI=1S/C20H22N2O4/c1-3-25-17-6-8-18(9-7-17)26-13-20(24)21-16-5-4-15-10-11-22(14(2)23)19(15)12-16/h4-9,12H,3,10-11,13H2,1-2H3,(H,21,24). The minimum Gasteiger partial charge on any atom is -0.494 e. The monoisotopic (exact) mass is 354 g/mol. The van der Waals surface area contributed by atoms with Crippen LogP contribution in [0.2, 0.25) is 0 Å². The molecule has 0 unspecified atom stereocenters. The number of ether oxygens (including phenoxy) is 2. The summed E-state index contributed by atoms with van der Waals surface area (Å²) in [6, 6.07) is 12.7. The Kier molecular flexibility index (Phi) is 5.41. The Balaban J connectivity index is 1.57. The smallest absolute Gasteiger partial charge is 0.262 e. The molecule has 0 saturated heterocycles. The van der Waals surface area contributed by atoms with Gasteiger partial charge in [-0.25, -0.2) is 0 Å². The van der Waals surface area contributed by atoms with Crippen molar-refractivity contribution in [3.05, 3.63) is 48.0 Å². The molecule has 0 bridgehead atoms. The van der Waals surface area contributed by atoms with Crippen LogP contribution in [0.5, 0.6) is 11.5 Å². The van der Waals surface area contributed by atoms with Crippen LogP contribution in [0.3, 0.4) is 0 Å². The third-order valence-electron chi connectivity index (χ3n) is 4.15. The van der Waals surface area contributed by atoms with E-state index < -0.39 is 0 Å². The molecule has 0 aliphatic carbocycles. The predicted molar refractivity (Wildman–Crippen MR) is 99.9 cm³/mol. The molecule has 0 saturated carbocycles. The highest BCUT2D eigenvalue weighted by molar-refractivity contribution is 5.96. The van der Waals surface area contributed by atoms with Gasteiger partial charge in [0.05, 0.1) is 6.61 Å². The Labute approximate surface area is 152 Å². The summed E-state index contributed by atoms with van der Waals surface area (Å²) in [6.07, 6.45) is 0.837. The first kappa shape index (κ1) is 17.8. The van der Waals surface area contributed by atoms with Crippen LogP contribution in [0.25, 0.3) is 0 Å². The molecule has 1 heterocycles. The lowest BCUT2D eigenvalue weighted by atomic mass is 10.1. The van der Waals surface area contributed by atoms with Gasteiger partial charge < -0.3 is 19.7 Å². The van der Waals surface area contributed by atoms with Gasteiger partial charge in [0, 0.05) is 24.8 Å². The number of carbonyl (C=O) groups excluding carboxylic acids is 2. The van der Waals surface area contributed by atoms with Crippen LogP contribution in [0, 0.1) is 0 Å². The zero-order valence-corrected chi connectivity index (χ0v) is 15.0. The molecular weight excluding hydrogens is 332 g/mol. The minimum atomic E-state index is -0.258. The van der Waals surface area contributed by atoms with Crippen molar-refractivity contribution >= 4 is 23.2 Å². The molecule has 0 aromatic heterocycles. The Hall–Kier alpha value is -3.02. The summed E-state index contributed by atoms with van der Waals surface area (Å²) in [5.74, 6) is 1.11. The quantitative estimate of drug-likeness (QED) is 0.866. The number of nitrogens with zero attached hydrogens (tertiary/aromatic N) is 1. The highest BCUT2D eigenvalue weighted by Crippen LogP contribution is 2.30. The fourth-order valence-corrected chi connectivity index (χ4v) is 2.93. The molecule has 26 heavy (non-hydrogen) atoms. The second kappa shape index (κ2) is 7.91. The summed E-state index contributed by atoms with van der Waals surface area (Å²) in [5.41, 5.74) is 2.63. The maximum Gasteiger partial charge on any atom is 0.262 e. The van der Waals surface area contributed by atoms with Gasteiger partial charge in [-0.15, -0.1) is 0 Å². The van der Waals surface area contributed by atoms with Gasteiger partial charge in [0.1, 0.15) is 11.5 Å². The number of nitrogens with one attached hydrogen (secondary N) is 1. The molecule has 6 nitrogen and oxygen atoms in total. The summed E-state index contributed by atoms with van der Waals surface area (Å²) in [7, 11) is 0. The van der Waals surface area contributed by atoms with Gasteiger partial charge in [-0.3, -0.25) is 9.59 Å². The van der Waals surface area contributed by atoms with Crippen LogP contribution in [0.4, 0.5) is 11.4 Å². The lowest BCUT2D eigenvalue weighted by molar-refractivity contribution is -0.118. The highest BCUT2D eigenvalue weighted by atomic mass is 16.5. The van der Waals surface area contributed by atoms with Crippen LogP contribution in [-0.2, 0) is 16.0 Å². The molecule has 1 aliphatic rings. The number of anilines is 2. The first-order chi connectivity index (χ1) is 12.6. The van der Waals surface area contributed by atoms with E-state index in [9.17, 15) is 9.59 Å². The predicted octanol–water partition coefficient (Wildman–Crippen LogP) is 3.01. The average Bonchev–Trinajstić information content (AvgIpc) is 3.05. The normalized spacial score (nSPS) is 12.5. The van der Waals surface area contributed by atoms with E-state index in [1.807, 2.05) is 25.1 Å². The van der Waals surface area contributed by atoms with Crippen molar-refractivity contribution in [1.82, 2.24) is 0 Å². The van der Waals surface area contributed by atoms with Crippen molar-refractivity contribution < 1.29 is 19.1 Å². The third-order valence-corrected chi connectivity index (χ3v) is 4.15. The Bertz CT molecular complexity index is 802. The molecule has 3 rings (SSSR count). The van der Waals surface area contributed by atoms with Crippen molar-refractivity contribution in [2.45, 2.75) is 20.3 Å². The fourth-order valence-electron chi connectivity index (χ4n) is 2.93. The molecule has 0 radical (unpaired) electrons. The first-order valence-corrected chi connectivity index (χ1v) is 8.63. The zero-order chi connectivity index (χ0) is 18.5. The van der Waals surface area contributed by atoms with Gasteiger partial charge in [-0.1, -0.05) is 6.07 Å². The molecule has 0 fully saturated rings. The van der Waals surface area contributed by atoms with Crippen LogP contribution in [0.15, 0.2) is 42.5 Å². The van der Waals surface area contributed by atoms with Gasteiger partial charge in [0.2, 0.25) is 5.91 Å². The molecule has 136 valence electrons. The van der Waals surface area contributed by atoms with Gasteiger partial charge >= 0.3 is 0 Å². The minimum absolute atomic E-state index is 0.00561. The van der Waals surface area contributed by atoms with E-state index in [-0.39, 0.29) is 18.4 Å². The van der Waals surface area contributed by atoms with Crippen LogP contribution in [-0.4, -0.2) is 31.6 Å². The fraction of sp³-hybridized carbons (Fsp3) is 0.300. The summed E-state index contributed by atoms with van der Waals surface area (Å²) >= 11 is 0. The summed E-state index contributed by atoms with van der Waals surface area (Å²) in [6.45, 7) is 4.66. The zero-order valence-electron chi connectivity index (χ0n) is 15.0. The average molecular weight is 354 g/mol. The second-order valence-electron chi connectivity index (χ2n) is 6.01. The van der Waals surface area contributed by atoms with Crippen molar-refractivity contribution in [2.24, 2.45) is 0 Å². The molecule has 2 amide bonds. The van der Waals surface area contributed by atoms with Crippen molar-refractivity contribution in [3.63, 3.8) is 0 Å². The number of amides is 2. The topological polar surface area (TPSA) is 67.9 Å². The molecule has 2 aromatic rings. The molecule has 6 heteroatoms. The van der Waals surface area contributed by atoms with Gasteiger partial charge in [-0.2, -0.15) is 0 Å². The number of hydrogen-bond donors (Lipinski definition) is 1. The van der Waals surface area contributed by atoms with Crippen molar-refractivity contribution in [3.8, 4) is 11.5 Å². The number of hydrogen-bond acceptors (Lipinski definition) is 4. The van der Waals surface area contributed by atoms with E-state index in [1.54, 1.807) is 36.1 Å². The number of rotatable bonds is 6. The third kappa shape index (κ3) is 4.14. The van der Waals surface area contributed by atoms with E-state index in [0.29, 0.717) is 24.6 Å². The van der Waals surface area contributed by atoms with Crippen LogP contribution < -0.4 is 19.7 Å². The first-order valence-electron chi connectivity index (χ1n) is 8.63. The second-order valence-corrected chi connectivity index (χ2v) is 6.01. The summed E-state index contributed by atoms with van der Waals surface area (Å²) < 4.78 is 10.9. The van der Waals surface area contributed by atoms with E-state index in [0.717, 1.165) is 23.4 Å². The molecular formula is C20H22N2O4. The van der Waals surface area contributed by atoms with E-state index in [4.69, 9.17) is 9.47 Å². The summed E-state index contributed by atoms with van der Waals surface area (Å²) in [4.78, 5) is 25.5. The van der Waals surface area contributed by atoms with Gasteiger partial charge in [-0.05, 0) is 55.3 Å². The molecule has 0 atom stereocenters. The maximum atomic E-state index is 12.1. The lowest BCUT2D eigenvalue weighted by Gasteiger charge is -2.16. The number of benzene rings is 2. The van der Waals surface area contributed by atoms with E-state index in [2.05, 4.69) is 5.32 Å². The lowest BCUT2D eigenvalue weighted by Crippen LogP contribution is -2.26. The Morgan fingerprint density at radius 1 is 1.08 bits per heavy atom. The largest absolute Gasteiger partial charge is 0.494 e. The Morgan fingerprint density at radius 3 is 2.42 bits per heavy atom. The maximum absolute atomic E-state index is 12.1. The van der Waals surface area contributed by atoms with E-state index >= 15 is 0 Å². The highest BCUT2D eigenvalue weighted by Gasteiger charge is 2.22. The van der Waals surface area contributed by atoms with Gasteiger partial charge in [0.25, 0.3) is 5.91 Å². The SMILES string of the molecule is CCOc1ccc(OCC(=O)Nc2ccc3c(c2)N(C(C)=O)CC3)cc1. The Morgan fingerprint density at radius 2 is 1.77 bits per heavy atom. The van der Waals surface area contributed by atoms with Crippen LogP contribution >= 0.6 is 0 Å².